The zero-order valence-electron chi connectivity index (χ0n) is 10.4. The van der Waals surface area contributed by atoms with Crippen LogP contribution in [-0.4, -0.2) is 47.6 Å². The first-order valence-electron chi connectivity index (χ1n) is 6.15. The Kier molecular flexibility index (Phi) is 4.49. The van der Waals surface area contributed by atoms with Gasteiger partial charge < -0.3 is 10.6 Å². The first-order chi connectivity index (χ1) is 8.70. The predicted octanol–water partition coefficient (Wildman–Crippen LogP) is 0.843. The second-order valence-electron chi connectivity index (χ2n) is 4.51. The third-order valence-electron chi connectivity index (χ3n) is 3.31. The molecule has 1 fully saturated rings. The zero-order chi connectivity index (χ0) is 13.0. The van der Waals surface area contributed by atoms with Crippen molar-refractivity contribution in [2.75, 3.05) is 37.7 Å². The number of rotatable bonds is 3. The molecule has 0 spiro atoms. The minimum Gasteiger partial charge on any atom is -0.398 e. The summed E-state index contributed by atoms with van der Waals surface area (Å²) in [4.78, 5) is 15.7. The van der Waals surface area contributed by atoms with Crippen molar-refractivity contribution in [2.45, 2.75) is 6.54 Å². The first-order valence-corrected chi connectivity index (χ1v) is 6.78. The predicted molar refractivity (Wildman–Crippen MR) is 76.6 cm³/mol. The van der Waals surface area contributed by atoms with Crippen molar-refractivity contribution in [1.82, 2.24) is 9.80 Å². The van der Waals surface area contributed by atoms with E-state index in [2.05, 4.69) is 23.6 Å². The molecule has 1 aromatic rings. The van der Waals surface area contributed by atoms with E-state index in [1.54, 1.807) is 0 Å². The van der Waals surface area contributed by atoms with Crippen LogP contribution in [0.4, 0.5) is 5.69 Å². The number of amides is 1. The van der Waals surface area contributed by atoms with Gasteiger partial charge in [-0.15, -0.1) is 0 Å². The molecule has 0 unspecified atom stereocenters. The molecule has 2 N–H and O–H groups in total. The Morgan fingerprint density at radius 1 is 1.22 bits per heavy atom. The van der Waals surface area contributed by atoms with Crippen LogP contribution in [0, 0.1) is 0 Å². The second kappa shape index (κ2) is 6.11. The highest BCUT2D eigenvalue weighted by atomic mass is 32.1. The summed E-state index contributed by atoms with van der Waals surface area (Å²) in [6.45, 7) is 4.22. The van der Waals surface area contributed by atoms with E-state index >= 15 is 0 Å². The Morgan fingerprint density at radius 3 is 2.50 bits per heavy atom. The maximum absolute atomic E-state index is 11.5. The lowest BCUT2D eigenvalue weighted by atomic mass is 10.1. The van der Waals surface area contributed by atoms with E-state index in [1.807, 2.05) is 23.1 Å². The molecule has 0 aromatic heterocycles. The molecule has 1 saturated heterocycles. The Hall–Kier alpha value is -1.20. The fraction of sp³-hybridized carbons (Fsp3) is 0.462. The number of carbonyl (C=O) groups is 1. The summed E-state index contributed by atoms with van der Waals surface area (Å²) < 4.78 is 0. The van der Waals surface area contributed by atoms with E-state index < -0.39 is 0 Å². The summed E-state index contributed by atoms with van der Waals surface area (Å²) in [5, 5.41) is 0. The average Bonchev–Trinajstić information content (AvgIpc) is 2.41. The molecule has 2 rings (SSSR count). The molecule has 0 radical (unpaired) electrons. The standard InChI is InChI=1S/C13H19N3OS/c14-12-4-2-1-3-11(12)9-15-5-7-16(8-6-15)13(17)10-18/h1-4,18H,5-10,14H2. The van der Waals surface area contributed by atoms with Gasteiger partial charge in [-0.2, -0.15) is 12.6 Å². The van der Waals surface area contributed by atoms with Gasteiger partial charge in [-0.05, 0) is 11.6 Å². The summed E-state index contributed by atoms with van der Waals surface area (Å²) in [6.07, 6.45) is 0. The maximum atomic E-state index is 11.5. The molecule has 1 heterocycles. The summed E-state index contributed by atoms with van der Waals surface area (Å²) in [5.41, 5.74) is 7.93. The largest absolute Gasteiger partial charge is 0.398 e. The van der Waals surface area contributed by atoms with Crippen LogP contribution in [0.2, 0.25) is 0 Å². The SMILES string of the molecule is Nc1ccccc1CN1CCN(C(=O)CS)CC1. The highest BCUT2D eigenvalue weighted by Gasteiger charge is 2.20. The summed E-state index contributed by atoms with van der Waals surface area (Å²) in [7, 11) is 0. The highest BCUT2D eigenvalue weighted by molar-refractivity contribution is 7.81. The number of nitrogens with zero attached hydrogens (tertiary/aromatic N) is 2. The Morgan fingerprint density at radius 2 is 1.89 bits per heavy atom. The quantitative estimate of drug-likeness (QED) is 0.629. The van der Waals surface area contributed by atoms with Crippen molar-refractivity contribution in [2.24, 2.45) is 0 Å². The van der Waals surface area contributed by atoms with E-state index in [1.165, 1.54) is 0 Å². The lowest BCUT2D eigenvalue weighted by Crippen LogP contribution is -2.48. The van der Waals surface area contributed by atoms with Crippen LogP contribution in [0.5, 0.6) is 0 Å². The van der Waals surface area contributed by atoms with Gasteiger partial charge in [0.05, 0.1) is 5.75 Å². The molecule has 0 saturated carbocycles. The van der Waals surface area contributed by atoms with Crippen molar-refractivity contribution in [3.05, 3.63) is 29.8 Å². The number of piperazine rings is 1. The normalized spacial score (nSPS) is 16.8. The van der Waals surface area contributed by atoms with E-state index in [0.717, 1.165) is 44.0 Å². The molecule has 18 heavy (non-hydrogen) atoms. The third-order valence-corrected chi connectivity index (χ3v) is 3.58. The molecule has 0 aliphatic carbocycles. The Labute approximate surface area is 113 Å². The molecule has 0 bridgehead atoms. The van der Waals surface area contributed by atoms with Gasteiger partial charge in [-0.25, -0.2) is 0 Å². The molecule has 0 atom stereocenters. The van der Waals surface area contributed by atoms with E-state index in [0.29, 0.717) is 5.75 Å². The average molecular weight is 265 g/mol. The van der Waals surface area contributed by atoms with Gasteiger partial charge in [0.25, 0.3) is 0 Å². The van der Waals surface area contributed by atoms with Gasteiger partial charge in [-0.3, -0.25) is 9.69 Å². The minimum atomic E-state index is 0.122. The van der Waals surface area contributed by atoms with Crippen LogP contribution in [0.1, 0.15) is 5.56 Å². The highest BCUT2D eigenvalue weighted by Crippen LogP contribution is 2.14. The van der Waals surface area contributed by atoms with Crippen molar-refractivity contribution in [3.8, 4) is 0 Å². The van der Waals surface area contributed by atoms with E-state index in [-0.39, 0.29) is 5.91 Å². The number of anilines is 1. The number of thiol groups is 1. The number of hydrogen-bond donors (Lipinski definition) is 2. The van der Waals surface area contributed by atoms with Crippen molar-refractivity contribution >= 4 is 24.2 Å². The Balaban J connectivity index is 1.87. The minimum absolute atomic E-state index is 0.122. The van der Waals surface area contributed by atoms with E-state index in [4.69, 9.17) is 5.73 Å². The molecule has 1 amide bonds. The van der Waals surface area contributed by atoms with Gasteiger partial charge >= 0.3 is 0 Å². The number of nitrogen functional groups attached to an aromatic ring is 1. The molecular formula is C13H19N3OS. The van der Waals surface area contributed by atoms with Crippen molar-refractivity contribution in [1.29, 1.82) is 0 Å². The Bertz CT molecular complexity index is 416. The van der Waals surface area contributed by atoms with Gasteiger partial charge in [0.1, 0.15) is 0 Å². The van der Waals surface area contributed by atoms with Crippen molar-refractivity contribution in [3.63, 3.8) is 0 Å². The maximum Gasteiger partial charge on any atom is 0.232 e. The van der Waals surface area contributed by atoms with Gasteiger partial charge in [0.2, 0.25) is 5.91 Å². The fourth-order valence-electron chi connectivity index (χ4n) is 2.17. The van der Waals surface area contributed by atoms with Crippen LogP contribution in [0.3, 0.4) is 0 Å². The monoisotopic (exact) mass is 265 g/mol. The molecule has 1 aliphatic rings. The molecule has 1 aliphatic heterocycles. The molecule has 1 aromatic carbocycles. The smallest absolute Gasteiger partial charge is 0.232 e. The molecule has 5 heteroatoms. The molecule has 98 valence electrons. The topological polar surface area (TPSA) is 49.6 Å². The van der Waals surface area contributed by atoms with Crippen LogP contribution in [0.25, 0.3) is 0 Å². The first kappa shape index (κ1) is 13.2. The molecular weight excluding hydrogens is 246 g/mol. The summed E-state index contributed by atoms with van der Waals surface area (Å²) >= 11 is 4.02. The van der Waals surface area contributed by atoms with Gasteiger partial charge in [0.15, 0.2) is 0 Å². The van der Waals surface area contributed by atoms with Crippen molar-refractivity contribution < 1.29 is 4.79 Å². The number of para-hydroxylation sites is 1. The second-order valence-corrected chi connectivity index (χ2v) is 4.83. The van der Waals surface area contributed by atoms with Gasteiger partial charge in [0, 0.05) is 38.4 Å². The third kappa shape index (κ3) is 3.17. The summed E-state index contributed by atoms with van der Waals surface area (Å²) in [6, 6.07) is 7.94. The number of carbonyl (C=O) groups excluding carboxylic acids is 1. The summed E-state index contributed by atoms with van der Waals surface area (Å²) in [5.74, 6) is 0.420. The number of nitrogens with two attached hydrogens (primary N) is 1. The zero-order valence-corrected chi connectivity index (χ0v) is 11.3. The van der Waals surface area contributed by atoms with Crippen LogP contribution in [0.15, 0.2) is 24.3 Å². The lowest BCUT2D eigenvalue weighted by molar-refractivity contribution is -0.130. The fourth-order valence-corrected chi connectivity index (χ4v) is 2.37. The van der Waals surface area contributed by atoms with Crippen LogP contribution < -0.4 is 5.73 Å². The number of hydrogen-bond acceptors (Lipinski definition) is 4. The van der Waals surface area contributed by atoms with Crippen LogP contribution in [-0.2, 0) is 11.3 Å². The van der Waals surface area contributed by atoms with Gasteiger partial charge in [-0.1, -0.05) is 18.2 Å². The van der Waals surface area contributed by atoms with E-state index in [9.17, 15) is 4.79 Å². The van der Waals surface area contributed by atoms with Crippen LogP contribution >= 0.6 is 12.6 Å². The lowest BCUT2D eigenvalue weighted by Gasteiger charge is -2.34. The molecule has 4 nitrogen and oxygen atoms in total. The number of benzene rings is 1.